The van der Waals surface area contributed by atoms with Crippen LogP contribution in [0.5, 0.6) is 5.75 Å². The first-order chi connectivity index (χ1) is 14.7. The summed E-state index contributed by atoms with van der Waals surface area (Å²) in [5.74, 6) is 0.269. The second-order valence-corrected chi connectivity index (χ2v) is 9.86. The number of hydrogen-bond donors (Lipinski definition) is 1. The maximum atomic E-state index is 12.7. The van der Waals surface area contributed by atoms with E-state index in [9.17, 15) is 14.4 Å². The first-order valence-corrected chi connectivity index (χ1v) is 11.3. The maximum Gasteiger partial charge on any atom is 0.341 e. The lowest BCUT2D eigenvalue weighted by molar-refractivity contribution is -0.118. The van der Waals surface area contributed by atoms with E-state index in [0.29, 0.717) is 27.8 Å². The molecule has 0 saturated heterocycles. The molecule has 0 saturated carbocycles. The van der Waals surface area contributed by atoms with Crippen molar-refractivity contribution >= 4 is 34.5 Å². The Balaban J connectivity index is 1.76. The molecule has 31 heavy (non-hydrogen) atoms. The van der Waals surface area contributed by atoms with Gasteiger partial charge in [-0.25, -0.2) is 4.79 Å². The quantitative estimate of drug-likeness (QED) is 0.486. The van der Waals surface area contributed by atoms with Gasteiger partial charge in [-0.15, -0.1) is 11.3 Å². The van der Waals surface area contributed by atoms with E-state index < -0.39 is 5.97 Å². The molecule has 1 aromatic heterocycles. The van der Waals surface area contributed by atoms with Gasteiger partial charge in [-0.2, -0.15) is 0 Å². The zero-order chi connectivity index (χ0) is 22.6. The fraction of sp³-hybridized carbons (Fsp3) is 0.458. The van der Waals surface area contributed by atoms with Crippen LogP contribution in [0.3, 0.4) is 0 Å². The Labute approximate surface area is 186 Å². The summed E-state index contributed by atoms with van der Waals surface area (Å²) in [6.07, 6.45) is 3.45. The van der Waals surface area contributed by atoms with E-state index in [1.54, 1.807) is 31.2 Å². The molecule has 1 atom stereocenters. The van der Waals surface area contributed by atoms with Crippen LogP contribution in [0.4, 0.5) is 5.00 Å². The predicted molar refractivity (Wildman–Crippen MR) is 121 cm³/mol. The Hall–Kier alpha value is -2.67. The molecule has 1 heterocycles. The Kier molecular flexibility index (Phi) is 7.15. The van der Waals surface area contributed by atoms with E-state index in [2.05, 4.69) is 26.1 Å². The third-order valence-electron chi connectivity index (χ3n) is 5.61. The molecule has 7 heteroatoms. The molecule has 1 amide bonds. The standard InChI is InChI=1S/C24H29NO5S/c1-5-29-23(28)21-18-11-8-16(24(2,3)4)12-19(18)31-22(21)25-20(27)14-30-17-9-6-15(13-26)7-10-17/h6-7,9-10,13,16H,5,8,11-12,14H2,1-4H3,(H,25,27)/t16-/m0/s1. The van der Waals surface area contributed by atoms with Crippen LogP contribution in [-0.4, -0.2) is 31.4 Å². The largest absolute Gasteiger partial charge is 0.484 e. The number of ether oxygens (including phenoxy) is 2. The average molecular weight is 444 g/mol. The van der Waals surface area contributed by atoms with Crippen molar-refractivity contribution in [3.63, 3.8) is 0 Å². The summed E-state index contributed by atoms with van der Waals surface area (Å²) in [5, 5.41) is 3.38. The number of aldehydes is 1. The van der Waals surface area contributed by atoms with Crippen LogP contribution in [0.25, 0.3) is 0 Å². The van der Waals surface area contributed by atoms with Crippen LogP contribution in [0.15, 0.2) is 24.3 Å². The predicted octanol–water partition coefficient (Wildman–Crippen LogP) is 4.91. The van der Waals surface area contributed by atoms with Crippen LogP contribution in [0.1, 0.15) is 65.3 Å². The van der Waals surface area contributed by atoms with Gasteiger partial charge in [-0.05, 0) is 67.3 Å². The van der Waals surface area contributed by atoms with Crippen LogP contribution in [0.2, 0.25) is 0 Å². The molecule has 0 unspecified atom stereocenters. The van der Waals surface area contributed by atoms with Gasteiger partial charge in [0.1, 0.15) is 17.0 Å². The fourth-order valence-corrected chi connectivity index (χ4v) is 5.12. The second-order valence-electron chi connectivity index (χ2n) is 8.76. The smallest absolute Gasteiger partial charge is 0.341 e. The fourth-order valence-electron chi connectivity index (χ4n) is 3.79. The van der Waals surface area contributed by atoms with Gasteiger partial charge in [0.2, 0.25) is 0 Å². The molecule has 2 aromatic rings. The zero-order valence-electron chi connectivity index (χ0n) is 18.4. The number of anilines is 1. The van der Waals surface area contributed by atoms with Crippen LogP contribution >= 0.6 is 11.3 Å². The minimum atomic E-state index is -0.394. The van der Waals surface area contributed by atoms with Crippen molar-refractivity contribution in [1.29, 1.82) is 0 Å². The molecule has 6 nitrogen and oxygen atoms in total. The number of hydrogen-bond acceptors (Lipinski definition) is 6. The van der Waals surface area contributed by atoms with Crippen LogP contribution < -0.4 is 10.1 Å². The SMILES string of the molecule is CCOC(=O)c1c(NC(=O)COc2ccc(C=O)cc2)sc2c1CC[C@H](C(C)(C)C)C2. The van der Waals surface area contributed by atoms with Gasteiger partial charge >= 0.3 is 5.97 Å². The molecule has 0 radical (unpaired) electrons. The molecule has 0 aliphatic heterocycles. The highest BCUT2D eigenvalue weighted by Gasteiger charge is 2.34. The van der Waals surface area contributed by atoms with Crippen molar-refractivity contribution in [2.24, 2.45) is 11.3 Å². The van der Waals surface area contributed by atoms with Gasteiger partial charge in [0.05, 0.1) is 12.2 Å². The number of nitrogens with one attached hydrogen (secondary N) is 1. The number of amides is 1. The molecule has 166 valence electrons. The molecule has 1 aromatic carbocycles. The van der Waals surface area contributed by atoms with Crippen molar-refractivity contribution in [1.82, 2.24) is 0 Å². The molecule has 0 spiro atoms. The van der Waals surface area contributed by atoms with Gasteiger partial charge in [0.15, 0.2) is 6.61 Å². The van der Waals surface area contributed by atoms with E-state index in [4.69, 9.17) is 9.47 Å². The van der Waals surface area contributed by atoms with Crippen molar-refractivity contribution in [3.05, 3.63) is 45.8 Å². The van der Waals surface area contributed by atoms with E-state index in [-0.39, 0.29) is 24.5 Å². The van der Waals surface area contributed by atoms with Crippen molar-refractivity contribution in [3.8, 4) is 5.75 Å². The summed E-state index contributed by atoms with van der Waals surface area (Å²) in [6.45, 7) is 8.57. The number of benzene rings is 1. The summed E-state index contributed by atoms with van der Waals surface area (Å²) >= 11 is 1.46. The summed E-state index contributed by atoms with van der Waals surface area (Å²) in [6, 6.07) is 6.52. The summed E-state index contributed by atoms with van der Waals surface area (Å²) < 4.78 is 10.8. The first-order valence-electron chi connectivity index (χ1n) is 10.5. The van der Waals surface area contributed by atoms with Crippen molar-refractivity contribution < 1.29 is 23.9 Å². The molecule has 0 bridgehead atoms. The van der Waals surface area contributed by atoms with Gasteiger partial charge in [-0.1, -0.05) is 20.8 Å². The number of carbonyl (C=O) groups is 3. The van der Waals surface area contributed by atoms with Gasteiger partial charge < -0.3 is 14.8 Å². The van der Waals surface area contributed by atoms with E-state index >= 15 is 0 Å². The third kappa shape index (κ3) is 5.53. The monoisotopic (exact) mass is 443 g/mol. The van der Waals surface area contributed by atoms with Crippen LogP contribution in [0, 0.1) is 11.3 Å². The highest BCUT2D eigenvalue weighted by Crippen LogP contribution is 2.44. The number of fused-ring (bicyclic) bond motifs is 1. The van der Waals surface area contributed by atoms with E-state index in [1.165, 1.54) is 11.3 Å². The number of esters is 1. The lowest BCUT2D eigenvalue weighted by Crippen LogP contribution is -2.26. The Morgan fingerprint density at radius 2 is 1.94 bits per heavy atom. The van der Waals surface area contributed by atoms with Crippen molar-refractivity contribution in [2.75, 3.05) is 18.5 Å². The topological polar surface area (TPSA) is 81.7 Å². The first kappa shape index (κ1) is 23.0. The number of rotatable bonds is 7. The lowest BCUT2D eigenvalue weighted by atomic mass is 9.72. The number of carbonyl (C=O) groups excluding carboxylic acids is 3. The lowest BCUT2D eigenvalue weighted by Gasteiger charge is -2.33. The Morgan fingerprint density at radius 1 is 1.23 bits per heavy atom. The Bertz CT molecular complexity index is 956. The van der Waals surface area contributed by atoms with Crippen LogP contribution in [-0.2, 0) is 22.4 Å². The second kappa shape index (κ2) is 9.64. The number of thiophene rings is 1. The highest BCUT2D eigenvalue weighted by atomic mass is 32.1. The zero-order valence-corrected chi connectivity index (χ0v) is 19.3. The Morgan fingerprint density at radius 3 is 2.55 bits per heavy atom. The van der Waals surface area contributed by atoms with Gasteiger partial charge in [-0.3, -0.25) is 9.59 Å². The highest BCUT2D eigenvalue weighted by molar-refractivity contribution is 7.17. The molecule has 1 aliphatic rings. The third-order valence-corrected chi connectivity index (χ3v) is 6.78. The molecular weight excluding hydrogens is 414 g/mol. The minimum Gasteiger partial charge on any atom is -0.484 e. The average Bonchev–Trinajstić information content (AvgIpc) is 3.09. The minimum absolute atomic E-state index is 0.183. The molecule has 0 fully saturated rings. The molecular formula is C24H29NO5S. The summed E-state index contributed by atoms with van der Waals surface area (Å²) in [5.41, 5.74) is 2.21. The maximum absolute atomic E-state index is 12.7. The van der Waals surface area contributed by atoms with Crippen molar-refractivity contribution in [2.45, 2.75) is 47.0 Å². The van der Waals surface area contributed by atoms with E-state index in [1.807, 2.05) is 0 Å². The van der Waals surface area contributed by atoms with Gasteiger partial charge in [0.25, 0.3) is 5.91 Å². The summed E-state index contributed by atoms with van der Waals surface area (Å²) in [4.78, 5) is 37.1. The van der Waals surface area contributed by atoms with E-state index in [0.717, 1.165) is 36.0 Å². The normalized spacial score (nSPS) is 15.7. The molecule has 3 rings (SSSR count). The van der Waals surface area contributed by atoms with Gasteiger partial charge in [0, 0.05) is 10.4 Å². The molecule has 1 N–H and O–H groups in total. The summed E-state index contributed by atoms with van der Waals surface area (Å²) in [7, 11) is 0. The molecule has 1 aliphatic carbocycles.